The monoisotopic (exact) mass is 216 g/mol. The number of benzene rings is 1. The molecule has 0 aliphatic rings. The SMILES string of the molecule is C=CCOc1cccc2oc(CC)c(C)c12. The van der Waals surface area contributed by atoms with Crippen LogP contribution in [-0.2, 0) is 6.42 Å². The predicted octanol–water partition coefficient (Wildman–Crippen LogP) is 3.87. The summed E-state index contributed by atoms with van der Waals surface area (Å²) in [6.07, 6.45) is 2.65. The zero-order valence-electron chi connectivity index (χ0n) is 9.75. The van der Waals surface area contributed by atoms with Gasteiger partial charge in [-0.15, -0.1) is 0 Å². The van der Waals surface area contributed by atoms with Crippen LogP contribution in [0.15, 0.2) is 35.3 Å². The Morgan fingerprint density at radius 1 is 1.44 bits per heavy atom. The standard InChI is InChI=1S/C14H16O2/c1-4-9-15-12-7-6-8-13-14(12)10(3)11(5-2)16-13/h4,6-8H,1,5,9H2,2-3H3. The first-order valence-corrected chi connectivity index (χ1v) is 5.52. The highest BCUT2D eigenvalue weighted by Gasteiger charge is 2.12. The molecule has 2 aromatic rings. The molecule has 0 N–H and O–H groups in total. The van der Waals surface area contributed by atoms with E-state index >= 15 is 0 Å². The summed E-state index contributed by atoms with van der Waals surface area (Å²) in [5.41, 5.74) is 2.08. The molecule has 0 atom stereocenters. The smallest absolute Gasteiger partial charge is 0.138 e. The van der Waals surface area contributed by atoms with Gasteiger partial charge in [0.2, 0.25) is 0 Å². The molecule has 2 rings (SSSR count). The summed E-state index contributed by atoms with van der Waals surface area (Å²) in [5, 5.41) is 1.08. The molecule has 0 bridgehead atoms. The Kier molecular flexibility index (Phi) is 3.00. The van der Waals surface area contributed by atoms with E-state index in [2.05, 4.69) is 20.4 Å². The van der Waals surface area contributed by atoms with E-state index in [1.165, 1.54) is 5.56 Å². The Bertz CT molecular complexity index is 509. The zero-order valence-corrected chi connectivity index (χ0v) is 9.75. The second kappa shape index (κ2) is 4.44. The average Bonchev–Trinajstić information content (AvgIpc) is 2.64. The van der Waals surface area contributed by atoms with Gasteiger partial charge in [-0.05, 0) is 19.1 Å². The highest BCUT2D eigenvalue weighted by molar-refractivity contribution is 5.88. The Hall–Kier alpha value is -1.70. The van der Waals surface area contributed by atoms with Gasteiger partial charge in [-0.3, -0.25) is 0 Å². The molecule has 0 fully saturated rings. The number of furan rings is 1. The fraction of sp³-hybridized carbons (Fsp3) is 0.286. The minimum atomic E-state index is 0.519. The molecule has 0 saturated heterocycles. The van der Waals surface area contributed by atoms with E-state index in [4.69, 9.17) is 9.15 Å². The summed E-state index contributed by atoms with van der Waals surface area (Å²) in [6.45, 7) is 8.34. The number of aryl methyl sites for hydroxylation is 2. The van der Waals surface area contributed by atoms with Crippen molar-refractivity contribution in [3.63, 3.8) is 0 Å². The first kappa shape index (κ1) is 10.8. The van der Waals surface area contributed by atoms with Crippen molar-refractivity contribution in [2.24, 2.45) is 0 Å². The third-order valence-electron chi connectivity index (χ3n) is 2.69. The topological polar surface area (TPSA) is 22.4 Å². The molecule has 1 aromatic carbocycles. The van der Waals surface area contributed by atoms with Gasteiger partial charge in [0.25, 0.3) is 0 Å². The molecule has 2 heteroatoms. The van der Waals surface area contributed by atoms with Crippen molar-refractivity contribution in [1.29, 1.82) is 0 Å². The van der Waals surface area contributed by atoms with Crippen LogP contribution in [0.2, 0.25) is 0 Å². The van der Waals surface area contributed by atoms with Crippen LogP contribution in [0.4, 0.5) is 0 Å². The molecule has 1 aromatic heterocycles. The van der Waals surface area contributed by atoms with Crippen molar-refractivity contribution < 1.29 is 9.15 Å². The second-order valence-corrected chi connectivity index (χ2v) is 3.73. The lowest BCUT2D eigenvalue weighted by molar-refractivity contribution is 0.367. The zero-order chi connectivity index (χ0) is 11.5. The largest absolute Gasteiger partial charge is 0.489 e. The van der Waals surface area contributed by atoms with Gasteiger partial charge in [-0.25, -0.2) is 0 Å². The van der Waals surface area contributed by atoms with E-state index in [0.29, 0.717) is 6.61 Å². The lowest BCUT2D eigenvalue weighted by atomic mass is 10.1. The van der Waals surface area contributed by atoms with Gasteiger partial charge in [-0.2, -0.15) is 0 Å². The van der Waals surface area contributed by atoms with Crippen molar-refractivity contribution in [3.8, 4) is 5.75 Å². The van der Waals surface area contributed by atoms with Crippen molar-refractivity contribution in [3.05, 3.63) is 42.2 Å². The maximum absolute atomic E-state index is 5.76. The molecule has 0 radical (unpaired) electrons. The van der Waals surface area contributed by atoms with E-state index in [1.54, 1.807) is 6.08 Å². The Morgan fingerprint density at radius 3 is 2.94 bits per heavy atom. The summed E-state index contributed by atoms with van der Waals surface area (Å²) in [7, 11) is 0. The van der Waals surface area contributed by atoms with Gasteiger partial charge >= 0.3 is 0 Å². The van der Waals surface area contributed by atoms with Crippen molar-refractivity contribution in [1.82, 2.24) is 0 Å². The van der Waals surface area contributed by atoms with E-state index in [1.807, 2.05) is 18.2 Å². The molecule has 0 aliphatic carbocycles. The van der Waals surface area contributed by atoms with Gasteiger partial charge in [0, 0.05) is 12.0 Å². The Labute approximate surface area is 95.5 Å². The summed E-state index contributed by atoms with van der Waals surface area (Å²) < 4.78 is 11.4. The van der Waals surface area contributed by atoms with Crippen LogP contribution < -0.4 is 4.74 Å². The number of rotatable bonds is 4. The van der Waals surface area contributed by atoms with Gasteiger partial charge in [0.1, 0.15) is 23.7 Å². The Morgan fingerprint density at radius 2 is 2.25 bits per heavy atom. The molecule has 2 nitrogen and oxygen atoms in total. The molecule has 0 amide bonds. The van der Waals surface area contributed by atoms with Crippen LogP contribution in [0.3, 0.4) is 0 Å². The fourth-order valence-electron chi connectivity index (χ4n) is 1.92. The first-order chi connectivity index (χ1) is 7.77. The summed E-state index contributed by atoms with van der Waals surface area (Å²) in [4.78, 5) is 0. The summed E-state index contributed by atoms with van der Waals surface area (Å²) >= 11 is 0. The molecular formula is C14H16O2. The number of fused-ring (bicyclic) bond motifs is 1. The number of hydrogen-bond donors (Lipinski definition) is 0. The maximum atomic E-state index is 5.76. The molecular weight excluding hydrogens is 200 g/mol. The molecule has 0 aliphatic heterocycles. The van der Waals surface area contributed by atoms with Crippen LogP contribution in [0.25, 0.3) is 11.0 Å². The fourth-order valence-corrected chi connectivity index (χ4v) is 1.92. The average molecular weight is 216 g/mol. The molecule has 84 valence electrons. The van der Waals surface area contributed by atoms with Crippen molar-refractivity contribution in [2.45, 2.75) is 20.3 Å². The van der Waals surface area contributed by atoms with Crippen LogP contribution in [0.1, 0.15) is 18.2 Å². The quantitative estimate of drug-likeness (QED) is 0.724. The molecule has 16 heavy (non-hydrogen) atoms. The third-order valence-corrected chi connectivity index (χ3v) is 2.69. The third kappa shape index (κ3) is 1.71. The molecule has 0 spiro atoms. The van der Waals surface area contributed by atoms with Crippen molar-refractivity contribution >= 4 is 11.0 Å². The molecule has 1 heterocycles. The van der Waals surface area contributed by atoms with Gasteiger partial charge in [-0.1, -0.05) is 25.6 Å². The lowest BCUT2D eigenvalue weighted by Crippen LogP contribution is -1.93. The van der Waals surface area contributed by atoms with Crippen LogP contribution in [0, 0.1) is 6.92 Å². The van der Waals surface area contributed by atoms with Crippen LogP contribution in [0.5, 0.6) is 5.75 Å². The minimum Gasteiger partial charge on any atom is -0.489 e. The van der Waals surface area contributed by atoms with Gasteiger partial charge < -0.3 is 9.15 Å². The van der Waals surface area contributed by atoms with E-state index in [-0.39, 0.29) is 0 Å². The second-order valence-electron chi connectivity index (χ2n) is 3.73. The van der Waals surface area contributed by atoms with Crippen LogP contribution in [-0.4, -0.2) is 6.61 Å². The number of hydrogen-bond acceptors (Lipinski definition) is 2. The summed E-state index contributed by atoms with van der Waals surface area (Å²) in [5.74, 6) is 1.91. The van der Waals surface area contributed by atoms with E-state index in [0.717, 1.165) is 28.9 Å². The summed E-state index contributed by atoms with van der Waals surface area (Å²) in [6, 6.07) is 5.89. The first-order valence-electron chi connectivity index (χ1n) is 5.52. The molecule has 0 saturated carbocycles. The van der Waals surface area contributed by atoms with Crippen molar-refractivity contribution in [2.75, 3.05) is 6.61 Å². The number of ether oxygens (including phenoxy) is 1. The van der Waals surface area contributed by atoms with Crippen LogP contribution >= 0.6 is 0 Å². The maximum Gasteiger partial charge on any atom is 0.138 e. The normalized spacial score (nSPS) is 10.6. The molecule has 0 unspecified atom stereocenters. The van der Waals surface area contributed by atoms with E-state index < -0.39 is 0 Å². The highest BCUT2D eigenvalue weighted by Crippen LogP contribution is 2.33. The Balaban J connectivity index is 2.56. The van der Waals surface area contributed by atoms with Gasteiger partial charge in [0.15, 0.2) is 0 Å². The predicted molar refractivity (Wildman–Crippen MR) is 66.0 cm³/mol. The van der Waals surface area contributed by atoms with Gasteiger partial charge in [0.05, 0.1) is 5.39 Å². The van der Waals surface area contributed by atoms with E-state index in [9.17, 15) is 0 Å². The highest BCUT2D eigenvalue weighted by atomic mass is 16.5. The minimum absolute atomic E-state index is 0.519. The lowest BCUT2D eigenvalue weighted by Gasteiger charge is -2.04.